The average Bonchev–Trinajstić information content (AvgIpc) is 2.89. The van der Waals surface area contributed by atoms with Crippen molar-refractivity contribution in [3.05, 3.63) is 12.0 Å². The SMILES string of the molecule is Cc1nc(NC(C)C(=O)N2CCCCC2)c2cnn(C)c2n1. The molecule has 1 amide bonds. The average molecular weight is 302 g/mol. The summed E-state index contributed by atoms with van der Waals surface area (Å²) >= 11 is 0. The number of piperidine rings is 1. The Morgan fingerprint density at radius 3 is 2.73 bits per heavy atom. The van der Waals surface area contributed by atoms with Gasteiger partial charge in [-0.05, 0) is 33.1 Å². The van der Waals surface area contributed by atoms with E-state index in [0.29, 0.717) is 11.6 Å². The van der Waals surface area contributed by atoms with E-state index in [1.807, 2.05) is 25.8 Å². The summed E-state index contributed by atoms with van der Waals surface area (Å²) in [6.07, 6.45) is 5.14. The maximum absolute atomic E-state index is 12.5. The number of carbonyl (C=O) groups excluding carboxylic acids is 1. The number of carbonyl (C=O) groups is 1. The third kappa shape index (κ3) is 2.75. The molecule has 22 heavy (non-hydrogen) atoms. The number of rotatable bonds is 3. The molecule has 0 bridgehead atoms. The second-order valence-electron chi connectivity index (χ2n) is 5.88. The quantitative estimate of drug-likeness (QED) is 0.929. The molecule has 1 N–H and O–H groups in total. The Hall–Kier alpha value is -2.18. The zero-order valence-electron chi connectivity index (χ0n) is 13.3. The van der Waals surface area contributed by atoms with E-state index in [9.17, 15) is 4.79 Å². The van der Waals surface area contributed by atoms with Crippen LogP contribution in [0.2, 0.25) is 0 Å². The van der Waals surface area contributed by atoms with Crippen molar-refractivity contribution in [3.8, 4) is 0 Å². The van der Waals surface area contributed by atoms with Crippen molar-refractivity contribution >= 4 is 22.8 Å². The summed E-state index contributed by atoms with van der Waals surface area (Å²) in [5.74, 6) is 1.47. The van der Waals surface area contributed by atoms with Crippen molar-refractivity contribution in [2.24, 2.45) is 7.05 Å². The minimum atomic E-state index is -0.309. The van der Waals surface area contributed by atoms with Gasteiger partial charge in [0.2, 0.25) is 5.91 Å². The highest BCUT2D eigenvalue weighted by Crippen LogP contribution is 2.20. The Bertz CT molecular complexity index is 689. The number of nitrogens with one attached hydrogen (secondary N) is 1. The fourth-order valence-electron chi connectivity index (χ4n) is 2.90. The van der Waals surface area contributed by atoms with Crippen molar-refractivity contribution in [1.29, 1.82) is 0 Å². The molecular weight excluding hydrogens is 280 g/mol. The number of hydrogen-bond donors (Lipinski definition) is 1. The second-order valence-corrected chi connectivity index (χ2v) is 5.88. The topological polar surface area (TPSA) is 75.9 Å². The van der Waals surface area contributed by atoms with Crippen molar-refractivity contribution in [2.45, 2.75) is 39.2 Å². The molecule has 1 unspecified atom stereocenters. The van der Waals surface area contributed by atoms with E-state index in [1.54, 1.807) is 10.9 Å². The van der Waals surface area contributed by atoms with Gasteiger partial charge >= 0.3 is 0 Å². The maximum atomic E-state index is 12.5. The first-order valence-corrected chi connectivity index (χ1v) is 7.78. The predicted molar refractivity (Wildman–Crippen MR) is 84.6 cm³/mol. The van der Waals surface area contributed by atoms with E-state index >= 15 is 0 Å². The van der Waals surface area contributed by atoms with Crippen LogP contribution < -0.4 is 5.32 Å². The van der Waals surface area contributed by atoms with E-state index in [1.165, 1.54) is 6.42 Å². The van der Waals surface area contributed by atoms with E-state index in [0.717, 1.165) is 37.0 Å². The van der Waals surface area contributed by atoms with Gasteiger partial charge in [-0.25, -0.2) is 9.97 Å². The van der Waals surface area contributed by atoms with Gasteiger partial charge in [-0.2, -0.15) is 5.10 Å². The van der Waals surface area contributed by atoms with Crippen LogP contribution in [0.4, 0.5) is 5.82 Å². The van der Waals surface area contributed by atoms with Gasteiger partial charge in [-0.15, -0.1) is 0 Å². The van der Waals surface area contributed by atoms with Crippen LogP contribution in [0.15, 0.2) is 6.20 Å². The molecule has 3 rings (SSSR count). The number of likely N-dealkylation sites (tertiary alicyclic amines) is 1. The van der Waals surface area contributed by atoms with E-state index in [2.05, 4.69) is 20.4 Å². The Balaban J connectivity index is 1.81. The summed E-state index contributed by atoms with van der Waals surface area (Å²) < 4.78 is 1.71. The van der Waals surface area contributed by atoms with Gasteiger partial charge in [-0.3, -0.25) is 9.48 Å². The molecule has 1 saturated heterocycles. The lowest BCUT2D eigenvalue weighted by atomic mass is 10.1. The molecule has 1 aliphatic rings. The van der Waals surface area contributed by atoms with Crippen LogP contribution >= 0.6 is 0 Å². The number of fused-ring (bicyclic) bond motifs is 1. The van der Waals surface area contributed by atoms with Crippen LogP contribution in [0.25, 0.3) is 11.0 Å². The number of aryl methyl sites for hydroxylation is 2. The van der Waals surface area contributed by atoms with Crippen LogP contribution in [-0.2, 0) is 11.8 Å². The second kappa shape index (κ2) is 5.90. The Morgan fingerprint density at radius 2 is 2.00 bits per heavy atom. The molecule has 2 aromatic heterocycles. The largest absolute Gasteiger partial charge is 0.358 e. The molecule has 7 nitrogen and oxygen atoms in total. The fourth-order valence-corrected chi connectivity index (χ4v) is 2.90. The standard InChI is InChI=1S/C15H22N6O/c1-10(15(22)21-7-5-4-6-8-21)17-13-12-9-16-20(3)14(12)19-11(2)18-13/h9-10H,4-8H2,1-3H3,(H,17,18,19). The summed E-state index contributed by atoms with van der Waals surface area (Å²) in [7, 11) is 1.85. The zero-order chi connectivity index (χ0) is 15.7. The fraction of sp³-hybridized carbons (Fsp3) is 0.600. The van der Waals surface area contributed by atoms with Gasteiger partial charge in [0.15, 0.2) is 5.65 Å². The van der Waals surface area contributed by atoms with Crippen LogP contribution in [-0.4, -0.2) is 49.7 Å². The predicted octanol–water partition coefficient (Wildman–Crippen LogP) is 1.48. The number of anilines is 1. The molecular formula is C15H22N6O. The summed E-state index contributed by atoms with van der Waals surface area (Å²) in [4.78, 5) is 23.3. The lowest BCUT2D eigenvalue weighted by molar-refractivity contribution is -0.132. The highest BCUT2D eigenvalue weighted by Gasteiger charge is 2.23. The number of amides is 1. The summed E-state index contributed by atoms with van der Waals surface area (Å²) in [5.41, 5.74) is 0.771. The van der Waals surface area contributed by atoms with Gasteiger partial charge < -0.3 is 10.2 Å². The first kappa shape index (κ1) is 14.7. The molecule has 2 aromatic rings. The molecule has 118 valence electrons. The molecule has 3 heterocycles. The van der Waals surface area contributed by atoms with Gasteiger partial charge in [0.05, 0.1) is 11.6 Å². The molecule has 0 radical (unpaired) electrons. The third-order valence-electron chi connectivity index (χ3n) is 4.10. The van der Waals surface area contributed by atoms with Crippen molar-refractivity contribution in [3.63, 3.8) is 0 Å². The van der Waals surface area contributed by atoms with Crippen molar-refractivity contribution < 1.29 is 4.79 Å². The number of hydrogen-bond acceptors (Lipinski definition) is 5. The number of aromatic nitrogens is 4. The monoisotopic (exact) mass is 302 g/mol. The smallest absolute Gasteiger partial charge is 0.244 e. The molecule has 7 heteroatoms. The highest BCUT2D eigenvalue weighted by molar-refractivity contribution is 5.90. The van der Waals surface area contributed by atoms with Crippen molar-refractivity contribution in [2.75, 3.05) is 18.4 Å². The van der Waals surface area contributed by atoms with Gasteiger partial charge in [0, 0.05) is 20.1 Å². The first-order chi connectivity index (χ1) is 10.6. The Morgan fingerprint density at radius 1 is 1.27 bits per heavy atom. The third-order valence-corrected chi connectivity index (χ3v) is 4.10. The van der Waals surface area contributed by atoms with Gasteiger partial charge in [0.25, 0.3) is 0 Å². The minimum absolute atomic E-state index is 0.132. The van der Waals surface area contributed by atoms with Crippen molar-refractivity contribution in [1.82, 2.24) is 24.6 Å². The lowest BCUT2D eigenvalue weighted by Crippen LogP contribution is -2.44. The van der Waals surface area contributed by atoms with Crippen LogP contribution in [0.1, 0.15) is 32.0 Å². The molecule has 1 aliphatic heterocycles. The molecule has 0 saturated carbocycles. The summed E-state index contributed by atoms with van der Waals surface area (Å²) in [5, 5.41) is 8.30. The minimum Gasteiger partial charge on any atom is -0.358 e. The van der Waals surface area contributed by atoms with Gasteiger partial charge in [0.1, 0.15) is 17.7 Å². The summed E-state index contributed by atoms with van der Waals surface area (Å²) in [6.45, 7) is 5.44. The van der Waals surface area contributed by atoms with E-state index in [4.69, 9.17) is 0 Å². The molecule has 0 aliphatic carbocycles. The number of nitrogens with zero attached hydrogens (tertiary/aromatic N) is 5. The highest BCUT2D eigenvalue weighted by atomic mass is 16.2. The Kier molecular flexibility index (Phi) is 3.96. The Labute approximate surface area is 129 Å². The molecule has 0 aromatic carbocycles. The van der Waals surface area contributed by atoms with E-state index in [-0.39, 0.29) is 11.9 Å². The maximum Gasteiger partial charge on any atom is 0.244 e. The molecule has 1 fully saturated rings. The normalized spacial score (nSPS) is 16.8. The summed E-state index contributed by atoms with van der Waals surface area (Å²) in [6, 6.07) is -0.309. The van der Waals surface area contributed by atoms with Gasteiger partial charge in [-0.1, -0.05) is 0 Å². The lowest BCUT2D eigenvalue weighted by Gasteiger charge is -2.29. The molecule has 0 spiro atoms. The van der Waals surface area contributed by atoms with E-state index < -0.39 is 0 Å². The first-order valence-electron chi connectivity index (χ1n) is 7.78. The zero-order valence-corrected chi connectivity index (χ0v) is 13.3. The van der Waals surface area contributed by atoms with Crippen LogP contribution in [0.5, 0.6) is 0 Å². The molecule has 1 atom stereocenters. The van der Waals surface area contributed by atoms with Crippen LogP contribution in [0.3, 0.4) is 0 Å². The van der Waals surface area contributed by atoms with Crippen LogP contribution in [0, 0.1) is 6.92 Å².